The van der Waals surface area contributed by atoms with Crippen molar-refractivity contribution >= 4 is 23.3 Å². The van der Waals surface area contributed by atoms with Gasteiger partial charge in [0.1, 0.15) is 0 Å². The van der Waals surface area contributed by atoms with Crippen LogP contribution in [0.15, 0.2) is 30.6 Å². The summed E-state index contributed by atoms with van der Waals surface area (Å²) in [5.41, 5.74) is 1.35. The van der Waals surface area contributed by atoms with Crippen molar-refractivity contribution in [2.45, 2.75) is 32.5 Å². The van der Waals surface area contributed by atoms with Crippen molar-refractivity contribution in [3.63, 3.8) is 0 Å². The Morgan fingerprint density at radius 3 is 2.39 bits per heavy atom. The van der Waals surface area contributed by atoms with E-state index in [0.29, 0.717) is 44.1 Å². The monoisotopic (exact) mass is 464 g/mol. The summed E-state index contributed by atoms with van der Waals surface area (Å²) in [6.07, 6.45) is 0.479. The Hall–Kier alpha value is -3.08. The van der Waals surface area contributed by atoms with Crippen LogP contribution in [0, 0.1) is 0 Å². The molecule has 1 aromatic heterocycles. The summed E-state index contributed by atoms with van der Waals surface area (Å²) >= 11 is 0. The fourth-order valence-electron chi connectivity index (χ4n) is 4.30. The predicted octanol–water partition coefficient (Wildman–Crippen LogP) is 3.25. The van der Waals surface area contributed by atoms with Gasteiger partial charge in [-0.3, -0.25) is 9.69 Å². The van der Waals surface area contributed by atoms with E-state index in [1.165, 1.54) is 30.1 Å². The average Bonchev–Trinajstić information content (AvgIpc) is 3.45. The van der Waals surface area contributed by atoms with Crippen molar-refractivity contribution < 1.29 is 22.8 Å². The highest BCUT2D eigenvalue weighted by molar-refractivity contribution is 5.89. The molecule has 2 aliphatic rings. The standard InChI is InChI=1S/C22H27F3N6O2/c1-16(32)27-19-13-26-31(15-19)21(33)30-10-8-28(9-11-30)14-17-4-5-18(22(23,24)25)12-20(17)29-6-2-3-7-29/h4-5,12-13,15H,2-3,6-11,14H2,1H3,(H,27,32). The highest BCUT2D eigenvalue weighted by Gasteiger charge is 2.32. The van der Waals surface area contributed by atoms with E-state index in [1.807, 2.05) is 4.90 Å². The topological polar surface area (TPSA) is 73.7 Å². The number of piperazine rings is 1. The first-order chi connectivity index (χ1) is 15.7. The van der Waals surface area contributed by atoms with Gasteiger partial charge in [0, 0.05) is 58.4 Å². The summed E-state index contributed by atoms with van der Waals surface area (Å²) in [4.78, 5) is 29.7. The second kappa shape index (κ2) is 9.42. The van der Waals surface area contributed by atoms with Crippen LogP contribution in [0.2, 0.25) is 0 Å². The number of amides is 2. The normalized spacial score (nSPS) is 17.5. The Balaban J connectivity index is 1.40. The minimum absolute atomic E-state index is 0.243. The van der Waals surface area contributed by atoms with E-state index in [9.17, 15) is 22.8 Å². The first-order valence-corrected chi connectivity index (χ1v) is 11.0. The predicted molar refractivity (Wildman–Crippen MR) is 117 cm³/mol. The van der Waals surface area contributed by atoms with E-state index in [4.69, 9.17) is 0 Å². The summed E-state index contributed by atoms with van der Waals surface area (Å²) in [5.74, 6) is -0.243. The molecule has 0 atom stereocenters. The Morgan fingerprint density at radius 1 is 1.06 bits per heavy atom. The van der Waals surface area contributed by atoms with Gasteiger partial charge in [-0.05, 0) is 30.5 Å². The molecule has 8 nitrogen and oxygen atoms in total. The molecule has 2 amide bonds. The molecule has 4 rings (SSSR count). The zero-order chi connectivity index (χ0) is 23.6. The zero-order valence-electron chi connectivity index (χ0n) is 18.4. The van der Waals surface area contributed by atoms with Gasteiger partial charge in [0.2, 0.25) is 5.91 Å². The molecule has 0 radical (unpaired) electrons. The number of nitrogens with zero attached hydrogens (tertiary/aromatic N) is 5. The van der Waals surface area contributed by atoms with Crippen LogP contribution in [-0.4, -0.2) is 70.8 Å². The van der Waals surface area contributed by atoms with Crippen LogP contribution in [-0.2, 0) is 17.5 Å². The number of aromatic nitrogens is 2. The molecule has 3 heterocycles. The molecule has 1 N–H and O–H groups in total. The second-order valence-corrected chi connectivity index (χ2v) is 8.44. The van der Waals surface area contributed by atoms with Crippen LogP contribution in [0.25, 0.3) is 0 Å². The summed E-state index contributed by atoms with van der Waals surface area (Å²) in [7, 11) is 0. The van der Waals surface area contributed by atoms with E-state index in [1.54, 1.807) is 11.0 Å². The SMILES string of the molecule is CC(=O)Nc1cnn(C(=O)N2CCN(Cc3ccc(C(F)(F)F)cc3N3CCCC3)CC2)c1. The van der Waals surface area contributed by atoms with E-state index in [-0.39, 0.29) is 11.9 Å². The molecule has 1 aromatic carbocycles. The van der Waals surface area contributed by atoms with Gasteiger partial charge in [0.05, 0.1) is 23.6 Å². The lowest BCUT2D eigenvalue weighted by Gasteiger charge is -2.35. The second-order valence-electron chi connectivity index (χ2n) is 8.44. The van der Waals surface area contributed by atoms with Gasteiger partial charge in [-0.2, -0.15) is 23.0 Å². The van der Waals surface area contributed by atoms with Crippen molar-refractivity contribution in [1.29, 1.82) is 0 Å². The zero-order valence-corrected chi connectivity index (χ0v) is 18.4. The molecule has 0 bridgehead atoms. The highest BCUT2D eigenvalue weighted by atomic mass is 19.4. The van der Waals surface area contributed by atoms with Crippen LogP contribution in [0.5, 0.6) is 0 Å². The number of rotatable bonds is 4. The van der Waals surface area contributed by atoms with Gasteiger partial charge in [-0.1, -0.05) is 6.07 Å². The highest BCUT2D eigenvalue weighted by Crippen LogP contribution is 2.35. The smallest absolute Gasteiger partial charge is 0.371 e. The molecule has 178 valence electrons. The van der Waals surface area contributed by atoms with Gasteiger partial charge in [-0.15, -0.1) is 0 Å². The van der Waals surface area contributed by atoms with E-state index >= 15 is 0 Å². The molecule has 0 aliphatic carbocycles. The number of hydrogen-bond acceptors (Lipinski definition) is 5. The maximum Gasteiger partial charge on any atom is 0.416 e. The maximum atomic E-state index is 13.3. The minimum atomic E-state index is -4.37. The maximum absolute atomic E-state index is 13.3. The van der Waals surface area contributed by atoms with E-state index in [0.717, 1.165) is 37.6 Å². The van der Waals surface area contributed by atoms with E-state index in [2.05, 4.69) is 15.3 Å². The fourth-order valence-corrected chi connectivity index (χ4v) is 4.30. The molecule has 33 heavy (non-hydrogen) atoms. The number of hydrogen-bond donors (Lipinski definition) is 1. The fraction of sp³-hybridized carbons (Fsp3) is 0.500. The Labute approximate surface area is 189 Å². The van der Waals surface area contributed by atoms with Gasteiger partial charge < -0.3 is 15.1 Å². The molecule has 0 unspecified atom stereocenters. The lowest BCUT2D eigenvalue weighted by atomic mass is 10.1. The van der Waals surface area contributed by atoms with Crippen molar-refractivity contribution in [2.24, 2.45) is 0 Å². The van der Waals surface area contributed by atoms with Crippen LogP contribution >= 0.6 is 0 Å². The van der Waals surface area contributed by atoms with E-state index < -0.39 is 11.7 Å². The average molecular weight is 464 g/mol. The number of halogens is 3. The van der Waals surface area contributed by atoms with Crippen molar-refractivity contribution in [2.75, 3.05) is 49.5 Å². The first kappa shape index (κ1) is 23.1. The minimum Gasteiger partial charge on any atom is -0.371 e. The van der Waals surface area contributed by atoms with Gasteiger partial charge in [0.25, 0.3) is 0 Å². The quantitative estimate of drug-likeness (QED) is 0.752. The number of alkyl halides is 3. The lowest BCUT2D eigenvalue weighted by Crippen LogP contribution is -2.49. The summed E-state index contributed by atoms with van der Waals surface area (Å²) in [6, 6.07) is 3.73. The molecule has 11 heteroatoms. The van der Waals surface area contributed by atoms with Crippen LogP contribution in [0.4, 0.5) is 29.3 Å². The molecule has 0 spiro atoms. The summed E-state index contributed by atoms with van der Waals surface area (Å²) in [6.45, 7) is 5.60. The number of benzene rings is 1. The Morgan fingerprint density at radius 2 is 1.76 bits per heavy atom. The molecule has 2 fully saturated rings. The Kier molecular flexibility index (Phi) is 6.59. The lowest BCUT2D eigenvalue weighted by molar-refractivity contribution is -0.137. The van der Waals surface area contributed by atoms with Crippen molar-refractivity contribution in [3.8, 4) is 0 Å². The third-order valence-corrected chi connectivity index (χ3v) is 6.00. The molecule has 2 saturated heterocycles. The van der Waals surface area contributed by atoms with Crippen molar-refractivity contribution in [3.05, 3.63) is 41.7 Å². The van der Waals surface area contributed by atoms with Crippen LogP contribution in [0.1, 0.15) is 30.9 Å². The summed E-state index contributed by atoms with van der Waals surface area (Å²) in [5, 5.41) is 6.60. The largest absolute Gasteiger partial charge is 0.416 e. The van der Waals surface area contributed by atoms with Crippen LogP contribution in [0.3, 0.4) is 0 Å². The first-order valence-electron chi connectivity index (χ1n) is 11.0. The number of nitrogens with one attached hydrogen (secondary N) is 1. The number of carbonyl (C=O) groups is 2. The third-order valence-electron chi connectivity index (χ3n) is 6.00. The van der Waals surface area contributed by atoms with Gasteiger partial charge in [0.15, 0.2) is 0 Å². The van der Waals surface area contributed by atoms with Crippen LogP contribution < -0.4 is 10.2 Å². The third kappa shape index (κ3) is 5.47. The molecule has 2 aliphatic heterocycles. The number of anilines is 2. The van der Waals surface area contributed by atoms with Crippen molar-refractivity contribution in [1.82, 2.24) is 19.6 Å². The summed E-state index contributed by atoms with van der Waals surface area (Å²) < 4.78 is 41.0. The molecule has 2 aromatic rings. The number of carbonyl (C=O) groups excluding carboxylic acids is 2. The van der Waals surface area contributed by atoms with Gasteiger partial charge in [-0.25, -0.2) is 4.79 Å². The Bertz CT molecular complexity index is 1010. The van der Waals surface area contributed by atoms with Gasteiger partial charge >= 0.3 is 12.2 Å². The molecule has 0 saturated carbocycles. The molecular weight excluding hydrogens is 437 g/mol. The molecular formula is C22H27F3N6O2.